The van der Waals surface area contributed by atoms with E-state index in [0.717, 1.165) is 21.6 Å². The molecule has 8 heteroatoms. The number of hydrogen-bond acceptors (Lipinski definition) is 5. The molecule has 0 aliphatic heterocycles. The highest BCUT2D eigenvalue weighted by Gasteiger charge is 2.11. The molecule has 1 N–H and O–H groups in total. The Labute approximate surface area is 194 Å². The molecule has 32 heavy (non-hydrogen) atoms. The molecule has 0 saturated heterocycles. The molecule has 4 aromatic rings. The molecular formula is C24H22ClN3O3S. The molecule has 4 rings (SSSR count). The zero-order valence-electron chi connectivity index (χ0n) is 17.5. The predicted octanol–water partition coefficient (Wildman–Crippen LogP) is 4.54. The van der Waals surface area contributed by atoms with Gasteiger partial charge in [0.1, 0.15) is 4.70 Å². The summed E-state index contributed by atoms with van der Waals surface area (Å²) < 4.78 is 2.30. The number of aryl methyl sites for hydroxylation is 2. The van der Waals surface area contributed by atoms with Gasteiger partial charge in [0.2, 0.25) is 0 Å². The van der Waals surface area contributed by atoms with E-state index in [-0.39, 0.29) is 12.1 Å². The first-order chi connectivity index (χ1) is 15.4. The van der Waals surface area contributed by atoms with Gasteiger partial charge in [-0.05, 0) is 48.4 Å². The second-order valence-electron chi connectivity index (χ2n) is 7.71. The zero-order chi connectivity index (χ0) is 22.7. The Morgan fingerprint density at radius 2 is 1.81 bits per heavy atom. The Morgan fingerprint density at radius 1 is 1.12 bits per heavy atom. The van der Waals surface area contributed by atoms with Gasteiger partial charge >= 0.3 is 5.97 Å². The van der Waals surface area contributed by atoms with E-state index < -0.39 is 5.97 Å². The number of halogens is 1. The Morgan fingerprint density at radius 3 is 2.50 bits per heavy atom. The van der Waals surface area contributed by atoms with Gasteiger partial charge in [-0.3, -0.25) is 19.1 Å². The van der Waals surface area contributed by atoms with Crippen molar-refractivity contribution in [1.82, 2.24) is 14.5 Å². The van der Waals surface area contributed by atoms with Crippen molar-refractivity contribution in [3.05, 3.63) is 87.4 Å². The van der Waals surface area contributed by atoms with Crippen molar-refractivity contribution < 1.29 is 9.90 Å². The molecule has 164 valence electrons. The number of likely N-dealkylation sites (N-methyl/N-ethyl adjacent to an activating group) is 1. The Kier molecular flexibility index (Phi) is 6.69. The monoisotopic (exact) mass is 467 g/mol. The predicted molar refractivity (Wildman–Crippen MR) is 128 cm³/mol. The average molecular weight is 468 g/mol. The smallest absolute Gasteiger partial charge is 0.317 e. The molecule has 2 aromatic heterocycles. The molecule has 0 unspecified atom stereocenters. The Bertz CT molecular complexity index is 1300. The van der Waals surface area contributed by atoms with Gasteiger partial charge in [0.05, 0.1) is 18.4 Å². The third-order valence-corrected chi connectivity index (χ3v) is 6.57. The topological polar surface area (TPSA) is 75.4 Å². The average Bonchev–Trinajstić information content (AvgIpc) is 3.19. The molecule has 2 heterocycles. The maximum atomic E-state index is 13.0. The highest BCUT2D eigenvalue weighted by Crippen LogP contribution is 2.31. The standard InChI is InChI=1S/C24H22ClN3O3S/c1-27(14-22(29)30)13-17-4-2-16(3-5-17)10-11-28-15-26-20-12-21(32-23(20)24(28)31)18-6-8-19(25)9-7-18/h2-9,12,15H,10-11,13-14H2,1H3,(H,29,30). The normalized spacial score (nSPS) is 11.3. The second-order valence-corrected chi connectivity index (χ2v) is 9.20. The fourth-order valence-corrected chi connectivity index (χ4v) is 4.71. The first-order valence-electron chi connectivity index (χ1n) is 10.1. The van der Waals surface area contributed by atoms with Crippen LogP contribution in [0.5, 0.6) is 0 Å². The lowest BCUT2D eigenvalue weighted by Crippen LogP contribution is -2.25. The van der Waals surface area contributed by atoms with Gasteiger partial charge in [0, 0.05) is 23.0 Å². The third-order valence-electron chi connectivity index (χ3n) is 5.15. The van der Waals surface area contributed by atoms with Crippen molar-refractivity contribution >= 4 is 39.1 Å². The SMILES string of the molecule is CN(CC(=O)O)Cc1ccc(CCn2cnc3cc(-c4ccc(Cl)cc4)sc3c2=O)cc1. The number of thiophene rings is 1. The van der Waals surface area contributed by atoms with E-state index in [9.17, 15) is 9.59 Å². The molecule has 0 fully saturated rings. The summed E-state index contributed by atoms with van der Waals surface area (Å²) >= 11 is 7.42. The number of carboxylic acid groups (broad SMARTS) is 1. The molecule has 2 aromatic carbocycles. The second kappa shape index (κ2) is 9.65. The number of nitrogens with zero attached hydrogens (tertiary/aromatic N) is 3. The van der Waals surface area contributed by atoms with Crippen LogP contribution in [-0.4, -0.2) is 39.1 Å². The van der Waals surface area contributed by atoms with Gasteiger partial charge in [-0.25, -0.2) is 4.98 Å². The number of rotatable bonds is 8. The lowest BCUT2D eigenvalue weighted by Gasteiger charge is -2.14. The summed E-state index contributed by atoms with van der Waals surface area (Å²) in [5, 5.41) is 9.54. The molecule has 0 radical (unpaired) electrons. The van der Waals surface area contributed by atoms with Crippen LogP contribution in [0, 0.1) is 0 Å². The molecule has 0 bridgehead atoms. The fraction of sp³-hybridized carbons (Fsp3) is 0.208. The number of hydrogen-bond donors (Lipinski definition) is 1. The molecule has 0 aliphatic rings. The van der Waals surface area contributed by atoms with Crippen molar-refractivity contribution in [3.63, 3.8) is 0 Å². The minimum absolute atomic E-state index is 0.00258. The molecule has 0 spiro atoms. The van der Waals surface area contributed by atoms with E-state index >= 15 is 0 Å². The summed E-state index contributed by atoms with van der Waals surface area (Å²) in [7, 11) is 1.78. The summed E-state index contributed by atoms with van der Waals surface area (Å²) in [6, 6.07) is 17.5. The van der Waals surface area contributed by atoms with E-state index in [2.05, 4.69) is 4.98 Å². The van der Waals surface area contributed by atoms with Gasteiger partial charge in [0.25, 0.3) is 5.56 Å². The van der Waals surface area contributed by atoms with Crippen LogP contribution in [0.4, 0.5) is 0 Å². The largest absolute Gasteiger partial charge is 0.480 e. The van der Waals surface area contributed by atoms with Gasteiger partial charge in [-0.15, -0.1) is 11.3 Å². The summed E-state index contributed by atoms with van der Waals surface area (Å²) in [5.41, 5.74) is 3.83. The van der Waals surface area contributed by atoms with Crippen molar-refractivity contribution in [2.75, 3.05) is 13.6 Å². The van der Waals surface area contributed by atoms with Crippen LogP contribution < -0.4 is 5.56 Å². The summed E-state index contributed by atoms with van der Waals surface area (Å²) in [4.78, 5) is 31.0. The molecule has 0 saturated carbocycles. The number of aromatic nitrogens is 2. The van der Waals surface area contributed by atoms with E-state index in [1.165, 1.54) is 11.3 Å². The maximum Gasteiger partial charge on any atom is 0.317 e. The van der Waals surface area contributed by atoms with Crippen LogP contribution in [0.2, 0.25) is 5.02 Å². The van der Waals surface area contributed by atoms with Gasteiger partial charge in [-0.1, -0.05) is 48.0 Å². The number of fused-ring (bicyclic) bond motifs is 1. The summed E-state index contributed by atoms with van der Waals surface area (Å²) in [6.45, 7) is 1.11. The maximum absolute atomic E-state index is 13.0. The third kappa shape index (κ3) is 5.24. The molecule has 6 nitrogen and oxygen atoms in total. The Hall–Kier alpha value is -3.00. The lowest BCUT2D eigenvalue weighted by atomic mass is 10.1. The van der Waals surface area contributed by atoms with Crippen LogP contribution in [0.1, 0.15) is 11.1 Å². The number of carbonyl (C=O) groups is 1. The quantitative estimate of drug-likeness (QED) is 0.412. The summed E-state index contributed by atoms with van der Waals surface area (Å²) in [6.07, 6.45) is 2.31. The number of aliphatic carboxylic acids is 1. The van der Waals surface area contributed by atoms with Crippen LogP contribution in [-0.2, 0) is 24.3 Å². The van der Waals surface area contributed by atoms with Crippen molar-refractivity contribution in [1.29, 1.82) is 0 Å². The molecule has 0 aliphatic carbocycles. The van der Waals surface area contributed by atoms with E-state index in [1.54, 1.807) is 22.8 Å². The number of carboxylic acids is 1. The van der Waals surface area contributed by atoms with Crippen LogP contribution in [0.15, 0.2) is 65.7 Å². The Balaban J connectivity index is 1.45. The molecular weight excluding hydrogens is 446 g/mol. The van der Waals surface area contributed by atoms with Gasteiger partial charge in [0.15, 0.2) is 0 Å². The molecule has 0 amide bonds. The highest BCUT2D eigenvalue weighted by atomic mass is 35.5. The van der Waals surface area contributed by atoms with Crippen LogP contribution in [0.3, 0.4) is 0 Å². The van der Waals surface area contributed by atoms with E-state index in [1.807, 2.05) is 54.6 Å². The van der Waals surface area contributed by atoms with Crippen LogP contribution >= 0.6 is 22.9 Å². The van der Waals surface area contributed by atoms with Crippen molar-refractivity contribution in [3.8, 4) is 10.4 Å². The minimum atomic E-state index is -0.842. The summed E-state index contributed by atoms with van der Waals surface area (Å²) in [5.74, 6) is -0.842. The lowest BCUT2D eigenvalue weighted by molar-refractivity contribution is -0.138. The highest BCUT2D eigenvalue weighted by molar-refractivity contribution is 7.22. The van der Waals surface area contributed by atoms with Crippen molar-refractivity contribution in [2.45, 2.75) is 19.5 Å². The minimum Gasteiger partial charge on any atom is -0.480 e. The van der Waals surface area contributed by atoms with Crippen LogP contribution in [0.25, 0.3) is 20.7 Å². The van der Waals surface area contributed by atoms with Crippen molar-refractivity contribution in [2.24, 2.45) is 0 Å². The zero-order valence-corrected chi connectivity index (χ0v) is 19.1. The first kappa shape index (κ1) is 22.2. The van der Waals surface area contributed by atoms with E-state index in [0.29, 0.717) is 34.7 Å². The first-order valence-corrected chi connectivity index (χ1v) is 11.3. The van der Waals surface area contributed by atoms with Gasteiger partial charge in [-0.2, -0.15) is 0 Å². The number of benzene rings is 2. The fourth-order valence-electron chi connectivity index (χ4n) is 3.52. The van der Waals surface area contributed by atoms with E-state index in [4.69, 9.17) is 16.7 Å². The molecule has 0 atom stereocenters. The van der Waals surface area contributed by atoms with Gasteiger partial charge < -0.3 is 5.11 Å².